The van der Waals surface area contributed by atoms with Crippen molar-refractivity contribution in [3.05, 3.63) is 11.6 Å². The Morgan fingerprint density at radius 2 is 1.55 bits per heavy atom. The quantitative estimate of drug-likeness (QED) is 0.182. The second-order valence-corrected chi connectivity index (χ2v) is 17.4. The van der Waals surface area contributed by atoms with E-state index < -0.39 is 42.9 Å². The summed E-state index contributed by atoms with van der Waals surface area (Å²) in [5.74, 6) is 1.32. The van der Waals surface area contributed by atoms with Crippen LogP contribution in [0.15, 0.2) is 11.6 Å². The summed E-state index contributed by atoms with van der Waals surface area (Å²) < 4.78 is 12.2. The van der Waals surface area contributed by atoms with Crippen molar-refractivity contribution in [1.29, 1.82) is 0 Å². The fourth-order valence-electron chi connectivity index (χ4n) is 11.6. The highest BCUT2D eigenvalue weighted by atomic mass is 16.7. The Morgan fingerprint density at radius 1 is 0.886 bits per heavy atom. The molecule has 1 aliphatic heterocycles. The van der Waals surface area contributed by atoms with Crippen molar-refractivity contribution in [3.8, 4) is 0 Å². The van der Waals surface area contributed by atoms with Crippen LogP contribution in [0, 0.1) is 45.3 Å². The SMILES string of the molecule is C/C(=C\CCC(C)(C)O)[C@H]1CC[C@]2(C)[C@@H]1[C@H](O)C[C@@H]1[C@@]3(C)CC[C@H](O[C@@H]4O[C@H](CO)[C@@H](O)[C@H](O)[C@H]4O)C(C)(C)[C@@H]3CC[C@]12C. The van der Waals surface area contributed by atoms with E-state index in [2.05, 4.69) is 47.6 Å². The molecule has 0 aromatic heterocycles. The molecule has 1 saturated heterocycles. The Kier molecular flexibility index (Phi) is 9.35. The number of allylic oxidation sites excluding steroid dienone is 2. The normalized spacial score (nSPS) is 51.0. The Labute approximate surface area is 265 Å². The average Bonchev–Trinajstić information content (AvgIpc) is 3.31. The molecule has 254 valence electrons. The lowest BCUT2D eigenvalue weighted by Crippen LogP contribution is -2.67. The van der Waals surface area contributed by atoms with Gasteiger partial charge in [-0.05, 0) is 124 Å². The molecule has 5 fully saturated rings. The minimum Gasteiger partial charge on any atom is -0.394 e. The molecule has 1 heterocycles. The fraction of sp³-hybridized carbons (Fsp3) is 0.944. The Balaban J connectivity index is 1.36. The zero-order valence-corrected chi connectivity index (χ0v) is 28.5. The van der Waals surface area contributed by atoms with Crippen molar-refractivity contribution in [2.45, 2.75) is 162 Å². The van der Waals surface area contributed by atoms with Gasteiger partial charge < -0.3 is 40.1 Å². The minimum atomic E-state index is -1.45. The first-order valence-electron chi connectivity index (χ1n) is 17.3. The van der Waals surface area contributed by atoms with Gasteiger partial charge >= 0.3 is 0 Å². The first-order valence-corrected chi connectivity index (χ1v) is 17.3. The maximum Gasteiger partial charge on any atom is 0.186 e. The van der Waals surface area contributed by atoms with Gasteiger partial charge in [0.2, 0.25) is 0 Å². The van der Waals surface area contributed by atoms with Crippen LogP contribution in [0.3, 0.4) is 0 Å². The summed E-state index contributed by atoms with van der Waals surface area (Å²) in [6, 6.07) is 0. The highest BCUT2D eigenvalue weighted by Gasteiger charge is 2.70. The van der Waals surface area contributed by atoms with Gasteiger partial charge in [-0.15, -0.1) is 0 Å². The minimum absolute atomic E-state index is 0.0103. The van der Waals surface area contributed by atoms with Crippen molar-refractivity contribution in [2.75, 3.05) is 6.61 Å². The van der Waals surface area contributed by atoms with Gasteiger partial charge in [-0.1, -0.05) is 46.3 Å². The molecule has 44 heavy (non-hydrogen) atoms. The number of rotatable bonds is 7. The van der Waals surface area contributed by atoms with Gasteiger partial charge in [0, 0.05) is 0 Å². The molecule has 0 aromatic rings. The van der Waals surface area contributed by atoms with E-state index in [1.54, 1.807) is 0 Å². The van der Waals surface area contributed by atoms with Gasteiger partial charge in [0.05, 0.1) is 24.4 Å². The molecule has 0 bridgehead atoms. The average molecular weight is 623 g/mol. The first-order chi connectivity index (χ1) is 20.3. The number of aliphatic hydroxyl groups excluding tert-OH is 5. The van der Waals surface area contributed by atoms with Gasteiger partial charge in [0.1, 0.15) is 24.4 Å². The van der Waals surface area contributed by atoms with Crippen molar-refractivity contribution >= 4 is 0 Å². The zero-order valence-electron chi connectivity index (χ0n) is 28.5. The summed E-state index contributed by atoms with van der Waals surface area (Å²) in [5.41, 5.74) is 0.589. The van der Waals surface area contributed by atoms with Crippen molar-refractivity contribution in [3.63, 3.8) is 0 Å². The molecule has 6 N–H and O–H groups in total. The molecule has 5 rings (SSSR count). The highest BCUT2D eigenvalue weighted by molar-refractivity contribution is 5.22. The van der Waals surface area contributed by atoms with Crippen LogP contribution in [-0.4, -0.2) is 85.8 Å². The number of aliphatic hydroxyl groups is 6. The van der Waals surface area contributed by atoms with Crippen LogP contribution in [0.2, 0.25) is 0 Å². The van der Waals surface area contributed by atoms with Crippen molar-refractivity contribution < 1.29 is 40.1 Å². The summed E-state index contributed by atoms with van der Waals surface area (Å²) in [4.78, 5) is 0. The van der Waals surface area contributed by atoms with Gasteiger partial charge in [-0.3, -0.25) is 0 Å². The van der Waals surface area contributed by atoms with Crippen LogP contribution < -0.4 is 0 Å². The van der Waals surface area contributed by atoms with Crippen LogP contribution in [0.25, 0.3) is 0 Å². The van der Waals surface area contributed by atoms with Gasteiger partial charge in [0.25, 0.3) is 0 Å². The lowest BCUT2D eigenvalue weighted by atomic mass is 9.35. The van der Waals surface area contributed by atoms with Gasteiger partial charge in [-0.2, -0.15) is 0 Å². The molecule has 0 aromatic carbocycles. The summed E-state index contributed by atoms with van der Waals surface area (Å²) in [6.45, 7) is 17.4. The standard InChI is InChI=1S/C36H62O8/c1-20(10-9-14-32(2,3)42)21-11-16-36(8)27(21)22(38)18-25-34(6)15-13-26(33(4,5)24(34)12-17-35(25,36)7)44-31-30(41)29(40)28(39)23(19-37)43-31/h10,21-31,37-42H,9,11-19H2,1-8H3/b20-10+/t21-,22-,23-,24+,25-,26+,27+,28-,29+,30-,31+,34+,35-,36-/m1/s1. The maximum absolute atomic E-state index is 12.0. The third kappa shape index (κ3) is 5.45. The molecule has 0 amide bonds. The topological polar surface area (TPSA) is 140 Å². The van der Waals surface area contributed by atoms with E-state index >= 15 is 0 Å². The third-order valence-electron chi connectivity index (χ3n) is 14.3. The second kappa shape index (κ2) is 11.8. The Bertz CT molecular complexity index is 1070. The molecule has 0 radical (unpaired) electrons. The van der Waals surface area contributed by atoms with Crippen LogP contribution in [0.5, 0.6) is 0 Å². The fourth-order valence-corrected chi connectivity index (χ4v) is 11.6. The molecule has 14 atom stereocenters. The van der Waals surface area contributed by atoms with E-state index in [0.717, 1.165) is 57.8 Å². The second-order valence-electron chi connectivity index (χ2n) is 17.4. The molecule has 4 aliphatic carbocycles. The van der Waals surface area contributed by atoms with Crippen LogP contribution in [0.4, 0.5) is 0 Å². The van der Waals surface area contributed by atoms with Gasteiger partial charge in [0.15, 0.2) is 6.29 Å². The number of fused-ring (bicyclic) bond motifs is 5. The smallest absolute Gasteiger partial charge is 0.186 e. The summed E-state index contributed by atoms with van der Waals surface area (Å²) in [7, 11) is 0. The predicted molar refractivity (Wildman–Crippen MR) is 168 cm³/mol. The lowest BCUT2D eigenvalue weighted by Gasteiger charge is -2.70. The number of hydrogen-bond donors (Lipinski definition) is 6. The van der Waals surface area contributed by atoms with E-state index in [0.29, 0.717) is 17.8 Å². The number of hydrogen-bond acceptors (Lipinski definition) is 8. The Hall–Kier alpha value is -0.580. The molecular formula is C36H62O8. The zero-order chi connectivity index (χ0) is 32.6. The summed E-state index contributed by atoms with van der Waals surface area (Å²) in [5, 5.41) is 63.2. The largest absolute Gasteiger partial charge is 0.394 e. The summed E-state index contributed by atoms with van der Waals surface area (Å²) in [6.07, 6.45) is 3.85. The van der Waals surface area contributed by atoms with E-state index in [-0.39, 0.29) is 39.8 Å². The van der Waals surface area contributed by atoms with E-state index in [9.17, 15) is 30.6 Å². The predicted octanol–water partition coefficient (Wildman–Crippen LogP) is 4.32. The lowest BCUT2D eigenvalue weighted by molar-refractivity contribution is -0.331. The molecule has 5 aliphatic rings. The van der Waals surface area contributed by atoms with E-state index in [1.165, 1.54) is 5.57 Å². The first kappa shape index (κ1) is 34.7. The van der Waals surface area contributed by atoms with E-state index in [4.69, 9.17) is 9.47 Å². The van der Waals surface area contributed by atoms with Crippen LogP contribution in [-0.2, 0) is 9.47 Å². The molecule has 4 saturated carbocycles. The third-order valence-corrected chi connectivity index (χ3v) is 14.3. The van der Waals surface area contributed by atoms with Crippen molar-refractivity contribution in [1.82, 2.24) is 0 Å². The van der Waals surface area contributed by atoms with Crippen molar-refractivity contribution in [2.24, 2.45) is 45.3 Å². The Morgan fingerprint density at radius 3 is 2.18 bits per heavy atom. The summed E-state index contributed by atoms with van der Waals surface area (Å²) >= 11 is 0. The highest BCUT2D eigenvalue weighted by Crippen LogP contribution is 2.75. The van der Waals surface area contributed by atoms with Gasteiger partial charge in [-0.25, -0.2) is 0 Å². The monoisotopic (exact) mass is 622 g/mol. The van der Waals surface area contributed by atoms with Crippen LogP contribution >= 0.6 is 0 Å². The molecule has 8 nitrogen and oxygen atoms in total. The molecule has 8 heteroatoms. The maximum atomic E-state index is 12.0. The molecular weight excluding hydrogens is 560 g/mol. The molecule has 0 unspecified atom stereocenters. The van der Waals surface area contributed by atoms with Crippen LogP contribution in [0.1, 0.15) is 113 Å². The van der Waals surface area contributed by atoms with E-state index in [1.807, 2.05) is 13.8 Å². The number of ether oxygens (including phenoxy) is 2. The molecule has 0 spiro atoms.